The Bertz CT molecular complexity index is 1070. The number of amides is 3. The van der Waals surface area contributed by atoms with Gasteiger partial charge in [0, 0.05) is 27.1 Å². The van der Waals surface area contributed by atoms with Crippen LogP contribution in [0, 0.1) is 0 Å². The predicted molar refractivity (Wildman–Crippen MR) is 124 cm³/mol. The van der Waals surface area contributed by atoms with Crippen molar-refractivity contribution < 1.29 is 9.59 Å². The Morgan fingerprint density at radius 3 is 2.75 bits per heavy atom. The standard InChI is InChI=1S/C23H29N7O2/c1-4-29-23(32)27(3)19-14-24-22(26-21(19)30(29)17-9-5-6-10-17)25-18-11-7-8-16-12-13-28(15(2)31)20(16)18/h7-8,11,14,17H,4-6,9-10,12-13H2,1-3H3,(H,24,25,26). The third-order valence-electron chi connectivity index (χ3n) is 6.69. The summed E-state index contributed by atoms with van der Waals surface area (Å²) in [6.07, 6.45) is 6.95. The summed E-state index contributed by atoms with van der Waals surface area (Å²) < 4.78 is 0. The van der Waals surface area contributed by atoms with E-state index in [9.17, 15) is 9.59 Å². The maximum absolute atomic E-state index is 13.0. The fraction of sp³-hybridized carbons (Fsp3) is 0.478. The monoisotopic (exact) mass is 435 g/mol. The molecule has 1 aromatic carbocycles. The average Bonchev–Trinajstić information content (AvgIpc) is 3.46. The van der Waals surface area contributed by atoms with Gasteiger partial charge in [-0.15, -0.1) is 0 Å². The molecule has 3 amide bonds. The zero-order valence-corrected chi connectivity index (χ0v) is 18.8. The molecule has 0 bridgehead atoms. The van der Waals surface area contributed by atoms with Gasteiger partial charge in [-0.05, 0) is 37.8 Å². The molecule has 0 spiro atoms. The van der Waals surface area contributed by atoms with Crippen LogP contribution in [-0.2, 0) is 11.2 Å². The summed E-state index contributed by atoms with van der Waals surface area (Å²) in [5.74, 6) is 1.22. The number of rotatable bonds is 4. The van der Waals surface area contributed by atoms with Crippen LogP contribution >= 0.6 is 0 Å². The predicted octanol–water partition coefficient (Wildman–Crippen LogP) is 3.68. The second-order valence-electron chi connectivity index (χ2n) is 8.60. The molecule has 0 atom stereocenters. The molecule has 32 heavy (non-hydrogen) atoms. The lowest BCUT2D eigenvalue weighted by Crippen LogP contribution is -2.59. The molecule has 9 heteroatoms. The summed E-state index contributed by atoms with van der Waals surface area (Å²) in [4.78, 5) is 37.9. The highest BCUT2D eigenvalue weighted by Gasteiger charge is 2.39. The maximum Gasteiger partial charge on any atom is 0.343 e. The number of hydrogen-bond acceptors (Lipinski definition) is 6. The van der Waals surface area contributed by atoms with Gasteiger partial charge in [-0.3, -0.25) is 14.7 Å². The van der Waals surface area contributed by atoms with Gasteiger partial charge in [-0.25, -0.2) is 14.8 Å². The Morgan fingerprint density at radius 2 is 2.03 bits per heavy atom. The molecule has 5 rings (SSSR count). The first-order valence-electron chi connectivity index (χ1n) is 11.4. The molecular formula is C23H29N7O2. The summed E-state index contributed by atoms with van der Waals surface area (Å²) in [6.45, 7) is 4.84. The highest BCUT2D eigenvalue weighted by molar-refractivity contribution is 6.00. The van der Waals surface area contributed by atoms with Crippen molar-refractivity contribution in [1.29, 1.82) is 0 Å². The molecule has 2 aliphatic heterocycles. The zero-order valence-electron chi connectivity index (χ0n) is 18.8. The average molecular weight is 436 g/mol. The van der Waals surface area contributed by atoms with Gasteiger partial charge in [0.25, 0.3) is 0 Å². The Hall–Kier alpha value is -3.36. The first-order valence-corrected chi connectivity index (χ1v) is 11.4. The van der Waals surface area contributed by atoms with Crippen molar-refractivity contribution in [3.05, 3.63) is 30.0 Å². The molecule has 0 unspecified atom stereocenters. The van der Waals surface area contributed by atoms with E-state index in [-0.39, 0.29) is 18.0 Å². The fourth-order valence-corrected chi connectivity index (χ4v) is 5.11. The minimum atomic E-state index is -0.0609. The third kappa shape index (κ3) is 3.23. The lowest BCUT2D eigenvalue weighted by Gasteiger charge is -2.45. The van der Waals surface area contributed by atoms with Crippen molar-refractivity contribution in [2.45, 2.75) is 52.0 Å². The molecule has 1 N–H and O–H groups in total. The second kappa shape index (κ2) is 7.96. The van der Waals surface area contributed by atoms with Crippen molar-refractivity contribution in [3.63, 3.8) is 0 Å². The van der Waals surface area contributed by atoms with Crippen LogP contribution in [-0.4, -0.2) is 53.1 Å². The van der Waals surface area contributed by atoms with Crippen LogP contribution < -0.4 is 20.1 Å². The number of fused-ring (bicyclic) bond motifs is 2. The fourth-order valence-electron chi connectivity index (χ4n) is 5.11. The van der Waals surface area contributed by atoms with Gasteiger partial charge in [0.15, 0.2) is 5.82 Å². The lowest BCUT2D eigenvalue weighted by atomic mass is 10.1. The normalized spacial score (nSPS) is 18.3. The number of para-hydroxylation sites is 1. The zero-order chi connectivity index (χ0) is 22.4. The molecule has 168 valence electrons. The number of urea groups is 1. The number of hydrogen-bond donors (Lipinski definition) is 1. The highest BCUT2D eigenvalue weighted by atomic mass is 16.2. The Labute approximate surface area is 188 Å². The van der Waals surface area contributed by atoms with E-state index in [0.717, 1.165) is 54.9 Å². The van der Waals surface area contributed by atoms with E-state index >= 15 is 0 Å². The van der Waals surface area contributed by atoms with E-state index in [1.165, 1.54) is 0 Å². The summed E-state index contributed by atoms with van der Waals surface area (Å²) in [5.41, 5.74) is 3.56. The van der Waals surface area contributed by atoms with Gasteiger partial charge in [-0.2, -0.15) is 4.98 Å². The number of nitrogens with zero attached hydrogens (tertiary/aromatic N) is 6. The van der Waals surface area contributed by atoms with Crippen LogP contribution in [0.15, 0.2) is 24.4 Å². The van der Waals surface area contributed by atoms with Gasteiger partial charge >= 0.3 is 6.03 Å². The molecule has 0 saturated heterocycles. The molecular weight excluding hydrogens is 406 g/mol. The number of carbonyl (C=O) groups is 2. The van der Waals surface area contributed by atoms with Crippen LogP contribution in [0.25, 0.3) is 0 Å². The van der Waals surface area contributed by atoms with Gasteiger partial charge in [-0.1, -0.05) is 25.0 Å². The number of anilines is 5. The van der Waals surface area contributed by atoms with E-state index in [1.54, 1.807) is 35.0 Å². The van der Waals surface area contributed by atoms with E-state index in [0.29, 0.717) is 24.7 Å². The van der Waals surface area contributed by atoms with Crippen LogP contribution in [0.3, 0.4) is 0 Å². The SMILES string of the molecule is CCN1C(=O)N(C)c2cnc(Nc3cccc4c3N(C(C)=O)CC4)nc2N1C1CCCC1. The van der Waals surface area contributed by atoms with Crippen molar-refractivity contribution >= 4 is 40.8 Å². The summed E-state index contributed by atoms with van der Waals surface area (Å²) in [5, 5.41) is 7.21. The van der Waals surface area contributed by atoms with Crippen LogP contribution in [0.1, 0.15) is 45.1 Å². The molecule has 1 saturated carbocycles. The van der Waals surface area contributed by atoms with Crippen LogP contribution in [0.4, 0.5) is 33.6 Å². The van der Waals surface area contributed by atoms with Crippen LogP contribution in [0.5, 0.6) is 0 Å². The molecule has 3 heterocycles. The minimum absolute atomic E-state index is 0.0236. The first-order chi connectivity index (χ1) is 15.5. The van der Waals surface area contributed by atoms with Gasteiger partial charge < -0.3 is 10.2 Å². The number of benzene rings is 1. The molecule has 3 aliphatic rings. The van der Waals surface area contributed by atoms with Crippen LogP contribution in [0.2, 0.25) is 0 Å². The van der Waals surface area contributed by atoms with Gasteiger partial charge in [0.2, 0.25) is 11.9 Å². The Morgan fingerprint density at radius 1 is 1.25 bits per heavy atom. The molecule has 2 aromatic rings. The second-order valence-corrected chi connectivity index (χ2v) is 8.60. The molecule has 0 radical (unpaired) electrons. The summed E-state index contributed by atoms with van der Waals surface area (Å²) in [6, 6.07) is 6.18. The summed E-state index contributed by atoms with van der Waals surface area (Å²) >= 11 is 0. The van der Waals surface area contributed by atoms with E-state index < -0.39 is 0 Å². The van der Waals surface area contributed by atoms with E-state index in [4.69, 9.17) is 4.98 Å². The minimum Gasteiger partial charge on any atom is -0.322 e. The lowest BCUT2D eigenvalue weighted by molar-refractivity contribution is -0.116. The van der Waals surface area contributed by atoms with Crippen molar-refractivity contribution in [2.24, 2.45) is 0 Å². The number of aromatic nitrogens is 2. The molecule has 1 fully saturated rings. The van der Waals surface area contributed by atoms with E-state index in [2.05, 4.69) is 21.4 Å². The first kappa shape index (κ1) is 20.5. The third-order valence-corrected chi connectivity index (χ3v) is 6.69. The quantitative estimate of drug-likeness (QED) is 0.789. The maximum atomic E-state index is 13.0. The molecule has 1 aliphatic carbocycles. The van der Waals surface area contributed by atoms with Gasteiger partial charge in [0.05, 0.1) is 23.6 Å². The number of carbonyl (C=O) groups excluding carboxylic acids is 2. The summed E-state index contributed by atoms with van der Waals surface area (Å²) in [7, 11) is 1.76. The number of hydrazine groups is 1. The largest absolute Gasteiger partial charge is 0.343 e. The van der Waals surface area contributed by atoms with Crippen molar-refractivity contribution in [3.8, 4) is 0 Å². The van der Waals surface area contributed by atoms with E-state index in [1.807, 2.05) is 19.1 Å². The molecule has 1 aromatic heterocycles. The topological polar surface area (TPSA) is 84.9 Å². The van der Waals surface area contributed by atoms with Crippen molar-refractivity contribution in [2.75, 3.05) is 40.3 Å². The Kier molecular flexibility index (Phi) is 5.11. The smallest absolute Gasteiger partial charge is 0.322 e. The highest BCUT2D eigenvalue weighted by Crippen LogP contribution is 2.40. The number of nitrogens with one attached hydrogen (secondary N) is 1. The molecule has 9 nitrogen and oxygen atoms in total. The Balaban J connectivity index is 1.54. The van der Waals surface area contributed by atoms with Crippen molar-refractivity contribution in [1.82, 2.24) is 15.0 Å². The van der Waals surface area contributed by atoms with Gasteiger partial charge in [0.1, 0.15) is 5.69 Å².